The third kappa shape index (κ3) is 2.22. The average molecular weight is 359 g/mol. The molecule has 0 spiro atoms. The van der Waals surface area contributed by atoms with Crippen molar-refractivity contribution in [1.82, 2.24) is 9.78 Å². The molecule has 5 nitrogen and oxygen atoms in total. The number of hydrogen-bond donors (Lipinski definition) is 1. The number of aromatic nitrogens is 2. The largest absolute Gasteiger partial charge is 0.342 e. The lowest BCUT2D eigenvalue weighted by molar-refractivity contribution is -0.116. The number of fused-ring (bicyclic) bond motifs is 1. The first-order chi connectivity index (χ1) is 11.6. The quantitative estimate of drug-likeness (QED) is 0.833. The smallest absolute Gasteiger partial charge is 0.163 e. The zero-order valence-electron chi connectivity index (χ0n) is 12.5. The summed E-state index contributed by atoms with van der Waals surface area (Å²) in [6.07, 6.45) is 3.60. The maximum absolute atomic E-state index is 12.6. The van der Waals surface area contributed by atoms with Crippen molar-refractivity contribution < 1.29 is 4.79 Å². The SMILES string of the molecule is N#Cc1cnn2c1NC1=C(C(=O)CCC1)[C@H]2c1ccc(Cl)c(Cl)c1. The lowest BCUT2D eigenvalue weighted by Crippen LogP contribution is -2.31. The van der Waals surface area contributed by atoms with Crippen molar-refractivity contribution in [3.8, 4) is 6.07 Å². The number of allylic oxidation sites excluding steroid dienone is 2. The molecule has 2 heterocycles. The average Bonchev–Trinajstić information content (AvgIpc) is 2.98. The van der Waals surface area contributed by atoms with E-state index in [2.05, 4.69) is 16.5 Å². The van der Waals surface area contributed by atoms with Crippen LogP contribution in [0.4, 0.5) is 5.82 Å². The molecule has 7 heteroatoms. The number of nitriles is 1. The standard InChI is InChI=1S/C17H12Cl2N4O/c18-11-5-4-9(6-12(11)19)16-15-13(2-1-3-14(15)24)22-17-10(7-20)8-21-23(16)17/h4-6,8,16,22H,1-3H2/t16-/m1/s1. The fourth-order valence-corrected chi connectivity index (χ4v) is 3.64. The van der Waals surface area contributed by atoms with Gasteiger partial charge in [0.05, 0.1) is 16.2 Å². The Morgan fingerprint density at radius 3 is 2.88 bits per heavy atom. The molecule has 1 N–H and O–H groups in total. The van der Waals surface area contributed by atoms with Crippen molar-refractivity contribution in [2.75, 3.05) is 5.32 Å². The van der Waals surface area contributed by atoms with Gasteiger partial charge in [-0.3, -0.25) is 4.79 Å². The van der Waals surface area contributed by atoms with Crippen LogP contribution in [0.15, 0.2) is 35.7 Å². The number of carbonyl (C=O) groups is 1. The highest BCUT2D eigenvalue weighted by Crippen LogP contribution is 2.42. The lowest BCUT2D eigenvalue weighted by atomic mass is 9.85. The van der Waals surface area contributed by atoms with Crippen LogP contribution in [-0.4, -0.2) is 15.6 Å². The maximum Gasteiger partial charge on any atom is 0.163 e. The molecule has 2 aliphatic rings. The first-order valence-electron chi connectivity index (χ1n) is 7.56. The van der Waals surface area contributed by atoms with E-state index in [1.165, 1.54) is 6.20 Å². The minimum Gasteiger partial charge on any atom is -0.342 e. The fourth-order valence-electron chi connectivity index (χ4n) is 3.33. The summed E-state index contributed by atoms with van der Waals surface area (Å²) in [6, 6.07) is 7.04. The first-order valence-corrected chi connectivity index (χ1v) is 8.31. The molecule has 0 saturated carbocycles. The van der Waals surface area contributed by atoms with Gasteiger partial charge in [-0.05, 0) is 30.5 Å². The number of nitrogens with zero attached hydrogens (tertiary/aromatic N) is 3. The number of nitrogens with one attached hydrogen (secondary N) is 1. The molecule has 1 aromatic heterocycles. The van der Waals surface area contributed by atoms with Gasteiger partial charge < -0.3 is 5.32 Å². The van der Waals surface area contributed by atoms with Crippen LogP contribution in [0.25, 0.3) is 0 Å². The van der Waals surface area contributed by atoms with E-state index in [0.717, 1.165) is 24.1 Å². The Balaban J connectivity index is 1.95. The van der Waals surface area contributed by atoms with E-state index in [-0.39, 0.29) is 5.78 Å². The van der Waals surface area contributed by atoms with Crippen LogP contribution in [-0.2, 0) is 4.79 Å². The molecule has 1 atom stereocenters. The van der Waals surface area contributed by atoms with E-state index < -0.39 is 6.04 Å². The van der Waals surface area contributed by atoms with Gasteiger partial charge in [0.15, 0.2) is 5.78 Å². The number of hydrogen-bond acceptors (Lipinski definition) is 4. The third-order valence-electron chi connectivity index (χ3n) is 4.42. The highest BCUT2D eigenvalue weighted by molar-refractivity contribution is 6.42. The number of rotatable bonds is 1. The topological polar surface area (TPSA) is 70.7 Å². The number of benzene rings is 1. The molecule has 1 aliphatic heterocycles. The van der Waals surface area contributed by atoms with Gasteiger partial charge in [0.25, 0.3) is 0 Å². The second-order valence-electron chi connectivity index (χ2n) is 5.83. The highest BCUT2D eigenvalue weighted by atomic mass is 35.5. The Bertz CT molecular complexity index is 939. The molecule has 0 amide bonds. The van der Waals surface area contributed by atoms with Crippen LogP contribution in [0, 0.1) is 11.3 Å². The van der Waals surface area contributed by atoms with Crippen LogP contribution in [0.2, 0.25) is 10.0 Å². The maximum atomic E-state index is 12.6. The predicted molar refractivity (Wildman–Crippen MR) is 91.0 cm³/mol. The molecule has 1 aromatic carbocycles. The zero-order valence-corrected chi connectivity index (χ0v) is 14.0. The van der Waals surface area contributed by atoms with E-state index in [1.807, 2.05) is 6.07 Å². The Labute approximate surface area is 148 Å². The third-order valence-corrected chi connectivity index (χ3v) is 5.16. The molecule has 24 heavy (non-hydrogen) atoms. The normalized spacial score (nSPS) is 19.4. The van der Waals surface area contributed by atoms with E-state index in [1.54, 1.807) is 16.8 Å². The number of anilines is 1. The summed E-state index contributed by atoms with van der Waals surface area (Å²) in [5, 5.41) is 17.7. The van der Waals surface area contributed by atoms with Crippen LogP contribution in [0.1, 0.15) is 36.4 Å². The second-order valence-corrected chi connectivity index (χ2v) is 6.65. The first kappa shape index (κ1) is 15.3. The lowest BCUT2D eigenvalue weighted by Gasteiger charge is -2.33. The van der Waals surface area contributed by atoms with Gasteiger partial charge in [-0.25, -0.2) is 4.68 Å². The molecule has 1 aliphatic carbocycles. The number of ketones is 1. The molecule has 0 radical (unpaired) electrons. The van der Waals surface area contributed by atoms with Gasteiger partial charge in [0, 0.05) is 17.7 Å². The van der Waals surface area contributed by atoms with Crippen molar-refractivity contribution in [1.29, 1.82) is 5.26 Å². The molecule has 4 rings (SSSR count). The van der Waals surface area contributed by atoms with Gasteiger partial charge in [-0.15, -0.1) is 0 Å². The molecule has 0 unspecified atom stereocenters. The van der Waals surface area contributed by atoms with Gasteiger partial charge in [0.2, 0.25) is 0 Å². The van der Waals surface area contributed by atoms with Crippen molar-refractivity contribution in [2.24, 2.45) is 0 Å². The highest BCUT2D eigenvalue weighted by Gasteiger charge is 2.36. The molecular formula is C17H12Cl2N4O. The Morgan fingerprint density at radius 2 is 2.12 bits per heavy atom. The van der Waals surface area contributed by atoms with Gasteiger partial charge in [0.1, 0.15) is 23.5 Å². The van der Waals surface area contributed by atoms with E-state index in [4.69, 9.17) is 23.2 Å². The Kier molecular flexibility index (Phi) is 3.60. The summed E-state index contributed by atoms with van der Waals surface area (Å²) in [5.41, 5.74) is 2.83. The predicted octanol–water partition coefficient (Wildman–Crippen LogP) is 4.08. The minimum atomic E-state index is -0.402. The number of Topliss-reactive ketones (excluding diaryl/α,β-unsaturated/α-hetero) is 1. The molecular weight excluding hydrogens is 347 g/mol. The summed E-state index contributed by atoms with van der Waals surface area (Å²) >= 11 is 12.2. The molecule has 0 bridgehead atoms. The van der Waals surface area contributed by atoms with Crippen LogP contribution in [0.3, 0.4) is 0 Å². The van der Waals surface area contributed by atoms with Crippen LogP contribution in [0.5, 0.6) is 0 Å². The van der Waals surface area contributed by atoms with E-state index in [0.29, 0.717) is 33.4 Å². The van der Waals surface area contributed by atoms with Crippen molar-refractivity contribution >= 4 is 34.8 Å². The summed E-state index contributed by atoms with van der Waals surface area (Å²) < 4.78 is 1.68. The Hall–Kier alpha value is -2.29. The van der Waals surface area contributed by atoms with Crippen molar-refractivity contribution in [3.05, 3.63) is 56.8 Å². The molecule has 120 valence electrons. The molecule has 0 fully saturated rings. The van der Waals surface area contributed by atoms with Crippen LogP contribution >= 0.6 is 23.2 Å². The van der Waals surface area contributed by atoms with Crippen molar-refractivity contribution in [3.63, 3.8) is 0 Å². The minimum absolute atomic E-state index is 0.0967. The summed E-state index contributed by atoms with van der Waals surface area (Å²) in [6.45, 7) is 0. The van der Waals surface area contributed by atoms with Gasteiger partial charge >= 0.3 is 0 Å². The van der Waals surface area contributed by atoms with Gasteiger partial charge in [-0.2, -0.15) is 10.4 Å². The monoisotopic (exact) mass is 358 g/mol. The van der Waals surface area contributed by atoms with Crippen molar-refractivity contribution in [2.45, 2.75) is 25.3 Å². The summed E-state index contributed by atoms with van der Waals surface area (Å²) in [4.78, 5) is 12.6. The molecule has 2 aromatic rings. The summed E-state index contributed by atoms with van der Waals surface area (Å²) in [5.74, 6) is 0.710. The Morgan fingerprint density at radius 1 is 1.29 bits per heavy atom. The fraction of sp³-hybridized carbons (Fsp3) is 0.235. The van der Waals surface area contributed by atoms with E-state index in [9.17, 15) is 10.1 Å². The van der Waals surface area contributed by atoms with Crippen LogP contribution < -0.4 is 5.32 Å². The molecule has 0 saturated heterocycles. The zero-order chi connectivity index (χ0) is 16.8. The number of carbonyl (C=O) groups excluding carboxylic acids is 1. The number of halogens is 2. The van der Waals surface area contributed by atoms with E-state index >= 15 is 0 Å². The van der Waals surface area contributed by atoms with Gasteiger partial charge in [-0.1, -0.05) is 29.3 Å². The second kappa shape index (κ2) is 5.66. The summed E-state index contributed by atoms with van der Waals surface area (Å²) in [7, 11) is 0.